The molecule has 26 heavy (non-hydrogen) atoms. The second-order valence-electron chi connectivity index (χ2n) is 6.33. The van der Waals surface area contributed by atoms with Gasteiger partial charge in [0.05, 0.1) is 30.2 Å². The monoisotopic (exact) mass is 402 g/mol. The van der Waals surface area contributed by atoms with Crippen LogP contribution < -0.4 is 5.32 Å². The molecule has 0 bridgehead atoms. The third-order valence-corrected chi connectivity index (χ3v) is 5.17. The second kappa shape index (κ2) is 10.1. The minimum atomic E-state index is -0.414. The molecule has 1 unspecified atom stereocenters. The molecule has 1 aromatic carbocycles. The van der Waals surface area contributed by atoms with Gasteiger partial charge in [0.25, 0.3) is 0 Å². The number of hydrogen-bond acceptors (Lipinski definition) is 5. The standard InChI is InChI=1S/C18H24Cl2N2O4/c1-26-17(25)7-8-21-13(11-23)9-16(24)22(14-5-6-14)10-12-3-2-4-15(19)18(12)20/h2-4,13-14,21,23H,5-11H2,1H3. The van der Waals surface area contributed by atoms with Crippen LogP contribution in [-0.2, 0) is 20.9 Å². The smallest absolute Gasteiger partial charge is 0.306 e. The van der Waals surface area contributed by atoms with Crippen molar-refractivity contribution in [1.29, 1.82) is 0 Å². The summed E-state index contributed by atoms with van der Waals surface area (Å²) in [6.07, 6.45) is 2.25. The Hall–Kier alpha value is -1.34. The van der Waals surface area contributed by atoms with Crippen LogP contribution in [0, 0.1) is 0 Å². The van der Waals surface area contributed by atoms with Crippen molar-refractivity contribution in [3.05, 3.63) is 33.8 Å². The van der Waals surface area contributed by atoms with Crippen molar-refractivity contribution in [3.8, 4) is 0 Å². The molecule has 1 aliphatic carbocycles. The molecular formula is C18H24Cl2N2O4. The molecule has 1 aliphatic rings. The SMILES string of the molecule is COC(=O)CCNC(CO)CC(=O)N(Cc1cccc(Cl)c1Cl)C1CC1. The molecule has 1 atom stereocenters. The number of ether oxygens (including phenoxy) is 1. The van der Waals surface area contributed by atoms with Crippen LogP contribution in [0.1, 0.15) is 31.2 Å². The highest BCUT2D eigenvalue weighted by Gasteiger charge is 2.33. The normalized spacial score (nSPS) is 14.8. The molecule has 0 heterocycles. The molecule has 1 amide bonds. The van der Waals surface area contributed by atoms with E-state index in [9.17, 15) is 14.7 Å². The van der Waals surface area contributed by atoms with Gasteiger partial charge in [0.1, 0.15) is 0 Å². The summed E-state index contributed by atoms with van der Waals surface area (Å²) in [6.45, 7) is 0.543. The number of hydrogen-bond donors (Lipinski definition) is 2. The zero-order valence-corrected chi connectivity index (χ0v) is 16.2. The topological polar surface area (TPSA) is 78.9 Å². The molecule has 1 aromatic rings. The number of carbonyl (C=O) groups excluding carboxylic acids is 2. The van der Waals surface area contributed by atoms with Crippen molar-refractivity contribution in [2.24, 2.45) is 0 Å². The lowest BCUT2D eigenvalue weighted by atomic mass is 10.1. The summed E-state index contributed by atoms with van der Waals surface area (Å²) in [5, 5.41) is 13.5. The number of nitrogens with zero attached hydrogens (tertiary/aromatic N) is 1. The highest BCUT2D eigenvalue weighted by molar-refractivity contribution is 6.42. The fourth-order valence-electron chi connectivity index (χ4n) is 2.67. The fourth-order valence-corrected chi connectivity index (χ4v) is 3.05. The lowest BCUT2D eigenvalue weighted by Gasteiger charge is -2.26. The first-order chi connectivity index (χ1) is 12.5. The molecule has 1 saturated carbocycles. The number of amides is 1. The Morgan fingerprint density at radius 2 is 2.12 bits per heavy atom. The van der Waals surface area contributed by atoms with Crippen molar-refractivity contribution in [2.75, 3.05) is 20.3 Å². The zero-order chi connectivity index (χ0) is 19.1. The number of methoxy groups -OCH3 is 1. The number of rotatable bonds is 10. The van der Waals surface area contributed by atoms with E-state index in [4.69, 9.17) is 23.2 Å². The summed E-state index contributed by atoms with van der Waals surface area (Å²) < 4.78 is 4.57. The first-order valence-corrected chi connectivity index (χ1v) is 9.35. The third kappa shape index (κ3) is 6.13. The van der Waals surface area contributed by atoms with E-state index < -0.39 is 6.04 Å². The van der Waals surface area contributed by atoms with Crippen molar-refractivity contribution in [3.63, 3.8) is 0 Å². The average molecular weight is 403 g/mol. The van der Waals surface area contributed by atoms with E-state index in [0.29, 0.717) is 23.1 Å². The summed E-state index contributed by atoms with van der Waals surface area (Å²) in [6, 6.07) is 5.16. The van der Waals surface area contributed by atoms with Crippen molar-refractivity contribution in [2.45, 2.75) is 44.3 Å². The lowest BCUT2D eigenvalue weighted by Crippen LogP contribution is -2.41. The number of nitrogens with one attached hydrogen (secondary N) is 1. The van der Waals surface area contributed by atoms with E-state index in [0.717, 1.165) is 18.4 Å². The molecular weight excluding hydrogens is 379 g/mol. The number of benzene rings is 1. The molecule has 2 rings (SSSR count). The van der Waals surface area contributed by atoms with Crippen LogP contribution in [0.15, 0.2) is 18.2 Å². The number of aliphatic hydroxyl groups is 1. The highest BCUT2D eigenvalue weighted by Crippen LogP contribution is 2.32. The molecule has 0 aliphatic heterocycles. The van der Waals surface area contributed by atoms with Gasteiger partial charge >= 0.3 is 5.97 Å². The van der Waals surface area contributed by atoms with E-state index in [-0.39, 0.29) is 37.4 Å². The van der Waals surface area contributed by atoms with Crippen LogP contribution in [0.2, 0.25) is 10.0 Å². The first kappa shape index (κ1) is 21.0. The summed E-state index contributed by atoms with van der Waals surface area (Å²) in [4.78, 5) is 25.7. The van der Waals surface area contributed by atoms with E-state index in [2.05, 4.69) is 10.1 Å². The predicted molar refractivity (Wildman–Crippen MR) is 100 cm³/mol. The van der Waals surface area contributed by atoms with Crippen LogP contribution in [0.25, 0.3) is 0 Å². The Morgan fingerprint density at radius 1 is 1.38 bits per heavy atom. The van der Waals surface area contributed by atoms with Crippen molar-refractivity contribution >= 4 is 35.1 Å². The largest absolute Gasteiger partial charge is 0.469 e. The summed E-state index contributed by atoms with van der Waals surface area (Å²) >= 11 is 12.3. The van der Waals surface area contributed by atoms with Gasteiger partial charge in [-0.2, -0.15) is 0 Å². The number of halogens is 2. The molecule has 2 N–H and O–H groups in total. The van der Waals surface area contributed by atoms with Gasteiger partial charge in [0.2, 0.25) is 5.91 Å². The predicted octanol–water partition coefficient (Wildman–Crippen LogP) is 2.39. The first-order valence-electron chi connectivity index (χ1n) is 8.59. The van der Waals surface area contributed by atoms with Gasteiger partial charge in [-0.3, -0.25) is 9.59 Å². The van der Waals surface area contributed by atoms with Crippen LogP contribution in [0.5, 0.6) is 0 Å². The lowest BCUT2D eigenvalue weighted by molar-refractivity contribution is -0.140. The maximum Gasteiger partial charge on any atom is 0.306 e. The van der Waals surface area contributed by atoms with E-state index in [1.54, 1.807) is 11.0 Å². The number of esters is 1. The molecule has 8 heteroatoms. The average Bonchev–Trinajstić information content (AvgIpc) is 3.46. The van der Waals surface area contributed by atoms with Crippen LogP contribution >= 0.6 is 23.2 Å². The quantitative estimate of drug-likeness (QED) is 0.587. The van der Waals surface area contributed by atoms with E-state index in [1.165, 1.54) is 7.11 Å². The van der Waals surface area contributed by atoms with Gasteiger partial charge in [-0.25, -0.2) is 0 Å². The molecule has 0 radical (unpaired) electrons. The van der Waals surface area contributed by atoms with Gasteiger partial charge < -0.3 is 20.1 Å². The Labute approximate surface area is 163 Å². The van der Waals surface area contributed by atoms with Gasteiger partial charge in [0, 0.05) is 31.6 Å². The maximum absolute atomic E-state index is 12.8. The van der Waals surface area contributed by atoms with Gasteiger partial charge in [-0.15, -0.1) is 0 Å². The maximum atomic E-state index is 12.8. The summed E-state index contributed by atoms with van der Waals surface area (Å²) in [7, 11) is 1.32. The van der Waals surface area contributed by atoms with Crippen molar-refractivity contribution < 1.29 is 19.4 Å². The third-order valence-electron chi connectivity index (χ3n) is 4.31. The van der Waals surface area contributed by atoms with E-state index >= 15 is 0 Å². The number of carbonyl (C=O) groups is 2. The Bertz CT molecular complexity index is 638. The van der Waals surface area contributed by atoms with Gasteiger partial charge in [0.15, 0.2) is 0 Å². The summed E-state index contributed by atoms with van der Waals surface area (Å²) in [5.74, 6) is -0.399. The van der Waals surface area contributed by atoms with Gasteiger partial charge in [-0.05, 0) is 24.5 Å². The van der Waals surface area contributed by atoms with Crippen molar-refractivity contribution in [1.82, 2.24) is 10.2 Å². The molecule has 6 nitrogen and oxygen atoms in total. The summed E-state index contributed by atoms with van der Waals surface area (Å²) in [5.41, 5.74) is 0.804. The zero-order valence-electron chi connectivity index (χ0n) is 14.7. The second-order valence-corrected chi connectivity index (χ2v) is 7.11. The minimum Gasteiger partial charge on any atom is -0.469 e. The van der Waals surface area contributed by atoms with Crippen LogP contribution in [0.4, 0.5) is 0 Å². The Morgan fingerprint density at radius 3 is 2.73 bits per heavy atom. The van der Waals surface area contributed by atoms with Crippen LogP contribution in [-0.4, -0.2) is 54.2 Å². The molecule has 0 saturated heterocycles. The molecule has 144 valence electrons. The van der Waals surface area contributed by atoms with Crippen LogP contribution in [0.3, 0.4) is 0 Å². The van der Waals surface area contributed by atoms with Gasteiger partial charge in [-0.1, -0.05) is 35.3 Å². The minimum absolute atomic E-state index is 0.0619. The molecule has 1 fully saturated rings. The number of aliphatic hydroxyl groups excluding tert-OH is 1. The highest BCUT2D eigenvalue weighted by atomic mass is 35.5. The molecule has 0 spiro atoms. The van der Waals surface area contributed by atoms with E-state index in [1.807, 2.05) is 12.1 Å². The molecule has 0 aromatic heterocycles. The fraction of sp³-hybridized carbons (Fsp3) is 0.556. The Balaban J connectivity index is 1.95. The Kier molecular flexibility index (Phi) is 8.15.